The van der Waals surface area contributed by atoms with Gasteiger partial charge in [-0.2, -0.15) is 0 Å². The van der Waals surface area contributed by atoms with Crippen molar-refractivity contribution in [3.63, 3.8) is 0 Å². The van der Waals surface area contributed by atoms with Gasteiger partial charge in [0.25, 0.3) is 0 Å². The molecular weight excluding hydrogens is 134 g/mol. The Morgan fingerprint density at radius 3 is 2.18 bits per heavy atom. The van der Waals surface area contributed by atoms with E-state index in [0.29, 0.717) is 0 Å². The SMILES string of the molecule is CCCC/C=C/N(CC)CC. The Labute approximate surface area is 71.1 Å². The molecule has 0 amide bonds. The minimum atomic E-state index is 1.12. The van der Waals surface area contributed by atoms with Crippen LogP contribution < -0.4 is 0 Å². The van der Waals surface area contributed by atoms with Crippen molar-refractivity contribution in [3.05, 3.63) is 12.3 Å². The van der Waals surface area contributed by atoms with E-state index in [2.05, 4.69) is 37.9 Å². The van der Waals surface area contributed by atoms with Crippen LogP contribution in [-0.4, -0.2) is 18.0 Å². The summed E-state index contributed by atoms with van der Waals surface area (Å²) in [7, 11) is 0. The van der Waals surface area contributed by atoms with Crippen LogP contribution in [0.2, 0.25) is 0 Å². The number of hydrogen-bond donors (Lipinski definition) is 0. The van der Waals surface area contributed by atoms with E-state index in [9.17, 15) is 0 Å². The van der Waals surface area contributed by atoms with E-state index in [1.165, 1.54) is 19.3 Å². The van der Waals surface area contributed by atoms with Crippen molar-refractivity contribution in [1.82, 2.24) is 4.90 Å². The highest BCUT2D eigenvalue weighted by atomic mass is 15.1. The molecule has 1 nitrogen and oxygen atoms in total. The predicted octanol–water partition coefficient (Wildman–Crippen LogP) is 3.03. The van der Waals surface area contributed by atoms with Gasteiger partial charge >= 0.3 is 0 Å². The molecule has 1 heteroatoms. The first-order chi connectivity index (χ1) is 5.35. The lowest BCUT2D eigenvalue weighted by Crippen LogP contribution is -2.14. The van der Waals surface area contributed by atoms with Gasteiger partial charge in [0.1, 0.15) is 0 Å². The van der Waals surface area contributed by atoms with Gasteiger partial charge in [0.15, 0.2) is 0 Å². The second kappa shape index (κ2) is 7.64. The van der Waals surface area contributed by atoms with Crippen LogP contribution in [0.3, 0.4) is 0 Å². The molecule has 0 heterocycles. The number of rotatable bonds is 6. The third-order valence-corrected chi connectivity index (χ3v) is 1.85. The van der Waals surface area contributed by atoms with Gasteiger partial charge in [0, 0.05) is 13.1 Å². The largest absolute Gasteiger partial charge is 0.378 e. The highest BCUT2D eigenvalue weighted by molar-refractivity contribution is 4.80. The fraction of sp³-hybridized carbons (Fsp3) is 0.800. The summed E-state index contributed by atoms with van der Waals surface area (Å²) in [5.74, 6) is 0. The van der Waals surface area contributed by atoms with Crippen LogP contribution in [0, 0.1) is 0 Å². The Bertz CT molecular complexity index is 93.0. The van der Waals surface area contributed by atoms with Gasteiger partial charge in [0.05, 0.1) is 0 Å². The molecule has 66 valence electrons. The summed E-state index contributed by atoms with van der Waals surface area (Å²) in [6, 6.07) is 0. The molecule has 0 aliphatic carbocycles. The topological polar surface area (TPSA) is 3.24 Å². The minimum Gasteiger partial charge on any atom is -0.378 e. The molecule has 0 aliphatic heterocycles. The first-order valence-corrected chi connectivity index (χ1v) is 4.75. The molecule has 0 aliphatic rings. The molecule has 0 rings (SSSR count). The maximum absolute atomic E-state index is 2.32. The second-order valence-corrected chi connectivity index (χ2v) is 2.75. The molecule has 11 heavy (non-hydrogen) atoms. The van der Waals surface area contributed by atoms with Gasteiger partial charge in [0.2, 0.25) is 0 Å². The van der Waals surface area contributed by atoms with Crippen LogP contribution in [0.5, 0.6) is 0 Å². The standard InChI is InChI=1S/C10H21N/c1-4-7-8-9-10-11(5-2)6-3/h9-10H,4-8H2,1-3H3/b10-9+. The molecule has 0 atom stereocenters. The van der Waals surface area contributed by atoms with Gasteiger partial charge in [-0.25, -0.2) is 0 Å². The maximum Gasteiger partial charge on any atom is 0.0143 e. The molecule has 0 aromatic rings. The highest BCUT2D eigenvalue weighted by Crippen LogP contribution is 1.96. The smallest absolute Gasteiger partial charge is 0.0143 e. The molecule has 0 unspecified atom stereocenters. The number of hydrogen-bond acceptors (Lipinski definition) is 1. The van der Waals surface area contributed by atoms with Crippen LogP contribution in [0.15, 0.2) is 12.3 Å². The summed E-state index contributed by atoms with van der Waals surface area (Å²) in [6.45, 7) is 8.85. The summed E-state index contributed by atoms with van der Waals surface area (Å²) >= 11 is 0. The molecule has 0 radical (unpaired) electrons. The van der Waals surface area contributed by atoms with Crippen molar-refractivity contribution in [2.24, 2.45) is 0 Å². The Morgan fingerprint density at radius 2 is 1.73 bits per heavy atom. The van der Waals surface area contributed by atoms with Gasteiger partial charge in [-0.15, -0.1) is 0 Å². The molecule has 0 saturated heterocycles. The van der Waals surface area contributed by atoms with Crippen molar-refractivity contribution in [1.29, 1.82) is 0 Å². The van der Waals surface area contributed by atoms with Crippen LogP contribution in [0.1, 0.15) is 40.0 Å². The zero-order chi connectivity index (χ0) is 8.53. The van der Waals surface area contributed by atoms with E-state index < -0.39 is 0 Å². The first-order valence-electron chi connectivity index (χ1n) is 4.75. The van der Waals surface area contributed by atoms with Crippen molar-refractivity contribution >= 4 is 0 Å². The van der Waals surface area contributed by atoms with Gasteiger partial charge < -0.3 is 4.90 Å². The third-order valence-electron chi connectivity index (χ3n) is 1.85. The Kier molecular flexibility index (Phi) is 7.33. The van der Waals surface area contributed by atoms with E-state index in [1.54, 1.807) is 0 Å². The van der Waals surface area contributed by atoms with Crippen LogP contribution >= 0.6 is 0 Å². The Morgan fingerprint density at radius 1 is 1.09 bits per heavy atom. The molecular formula is C10H21N. The zero-order valence-corrected chi connectivity index (χ0v) is 8.14. The minimum absolute atomic E-state index is 1.12. The summed E-state index contributed by atoms with van der Waals surface area (Å²) in [4.78, 5) is 2.32. The van der Waals surface area contributed by atoms with Crippen molar-refractivity contribution < 1.29 is 0 Å². The van der Waals surface area contributed by atoms with Crippen LogP contribution in [-0.2, 0) is 0 Å². The summed E-state index contributed by atoms with van der Waals surface area (Å²) < 4.78 is 0. The number of allylic oxidation sites excluding steroid dienone is 1. The zero-order valence-electron chi connectivity index (χ0n) is 8.14. The average Bonchev–Trinajstić information content (AvgIpc) is 2.05. The maximum atomic E-state index is 2.32. The Balaban J connectivity index is 3.36. The van der Waals surface area contributed by atoms with Crippen LogP contribution in [0.4, 0.5) is 0 Å². The Hall–Kier alpha value is -0.460. The van der Waals surface area contributed by atoms with Gasteiger partial charge in [-0.3, -0.25) is 0 Å². The van der Waals surface area contributed by atoms with Gasteiger partial charge in [-0.05, 0) is 26.5 Å². The van der Waals surface area contributed by atoms with E-state index in [4.69, 9.17) is 0 Å². The molecule has 0 fully saturated rings. The molecule has 0 N–H and O–H groups in total. The summed E-state index contributed by atoms with van der Waals surface area (Å²) in [6.07, 6.45) is 8.33. The normalized spacial score (nSPS) is 10.8. The van der Waals surface area contributed by atoms with Crippen molar-refractivity contribution in [2.45, 2.75) is 40.0 Å². The van der Waals surface area contributed by atoms with E-state index in [-0.39, 0.29) is 0 Å². The van der Waals surface area contributed by atoms with E-state index in [1.807, 2.05) is 0 Å². The predicted molar refractivity (Wildman–Crippen MR) is 51.6 cm³/mol. The number of unbranched alkanes of at least 4 members (excludes halogenated alkanes) is 2. The van der Waals surface area contributed by atoms with E-state index >= 15 is 0 Å². The molecule has 0 spiro atoms. The third kappa shape index (κ3) is 5.96. The molecule has 0 saturated carbocycles. The summed E-state index contributed by atoms with van der Waals surface area (Å²) in [5, 5.41) is 0. The monoisotopic (exact) mass is 155 g/mol. The second-order valence-electron chi connectivity index (χ2n) is 2.75. The molecule has 0 aromatic carbocycles. The first kappa shape index (κ1) is 10.5. The van der Waals surface area contributed by atoms with Gasteiger partial charge in [-0.1, -0.05) is 25.8 Å². The molecule has 0 bridgehead atoms. The summed E-state index contributed by atoms with van der Waals surface area (Å²) in [5.41, 5.74) is 0. The fourth-order valence-electron chi connectivity index (χ4n) is 0.980. The lowest BCUT2D eigenvalue weighted by Gasteiger charge is -2.14. The van der Waals surface area contributed by atoms with Crippen molar-refractivity contribution in [3.8, 4) is 0 Å². The highest BCUT2D eigenvalue weighted by Gasteiger charge is 1.87. The number of nitrogens with zero attached hydrogens (tertiary/aromatic N) is 1. The lowest BCUT2D eigenvalue weighted by atomic mass is 10.2. The lowest BCUT2D eigenvalue weighted by molar-refractivity contribution is 0.417. The van der Waals surface area contributed by atoms with Crippen molar-refractivity contribution in [2.75, 3.05) is 13.1 Å². The average molecular weight is 155 g/mol. The quantitative estimate of drug-likeness (QED) is 0.533. The van der Waals surface area contributed by atoms with E-state index in [0.717, 1.165) is 13.1 Å². The van der Waals surface area contributed by atoms with Crippen LogP contribution in [0.25, 0.3) is 0 Å². The fourth-order valence-corrected chi connectivity index (χ4v) is 0.980. The molecule has 0 aromatic heterocycles.